The molecule has 0 saturated carbocycles. The molecule has 0 radical (unpaired) electrons. The molecule has 0 bridgehead atoms. The molecule has 2 aliphatic heterocycles. The van der Waals surface area contributed by atoms with Crippen molar-refractivity contribution in [2.24, 2.45) is 0 Å². The van der Waals surface area contributed by atoms with Crippen LogP contribution in [-0.2, 0) is 33.0 Å². The normalized spacial score (nSPS) is 21.3. The molecule has 10 heteroatoms. The van der Waals surface area contributed by atoms with E-state index in [2.05, 4.69) is 151 Å². The molecular formula is C55H70O7SSi2. The fourth-order valence-electron chi connectivity index (χ4n) is 10.7. The standard InChI is InChI=1S/C55H70O7SSi2/c1-43-40-55(52(56)60-43,63(57,58)47-28-16-9-17-29-47)41-45(62-65(54(5,6)7,50-34-22-12-23-35-50)51-36-24-13-25-37-51)27-15-8-14-26-44-38-39-46(61-44)42-59-64(53(2,3)4,48-30-18-10-19-31-48)49-32-20-11-21-33-49/h9-13,16-25,28-37,43-46H,8,14-15,26-27,38-42H2,1-7H3/t43-,44+,45+,46-,55?/m0/s1. The van der Waals surface area contributed by atoms with Crippen molar-refractivity contribution in [1.29, 1.82) is 0 Å². The molecule has 7 rings (SSSR count). The van der Waals surface area contributed by atoms with Crippen molar-refractivity contribution >= 4 is 53.2 Å². The van der Waals surface area contributed by atoms with Gasteiger partial charge in [0.25, 0.3) is 16.6 Å². The van der Waals surface area contributed by atoms with E-state index in [9.17, 15) is 13.2 Å². The summed E-state index contributed by atoms with van der Waals surface area (Å²) in [5.41, 5.74) is 0. The number of sulfone groups is 1. The summed E-state index contributed by atoms with van der Waals surface area (Å²) in [7, 11) is -9.98. The lowest BCUT2D eigenvalue weighted by atomic mass is 9.94. The molecule has 2 heterocycles. The minimum Gasteiger partial charge on any atom is -0.461 e. The first-order valence-electron chi connectivity index (χ1n) is 23.7. The second-order valence-corrected chi connectivity index (χ2v) is 31.2. The molecule has 2 aliphatic rings. The van der Waals surface area contributed by atoms with Crippen molar-refractivity contribution in [1.82, 2.24) is 0 Å². The number of carbonyl (C=O) groups excluding carboxylic acids is 1. The van der Waals surface area contributed by atoms with E-state index in [1.54, 1.807) is 37.3 Å². The molecule has 2 fully saturated rings. The Bertz CT molecular complexity index is 2310. The first kappa shape index (κ1) is 48.8. The minimum absolute atomic E-state index is 0.0106. The van der Waals surface area contributed by atoms with Gasteiger partial charge in [-0.15, -0.1) is 0 Å². The van der Waals surface area contributed by atoms with E-state index in [4.69, 9.17) is 18.3 Å². The molecule has 0 amide bonds. The first-order chi connectivity index (χ1) is 31.0. The first-order valence-corrected chi connectivity index (χ1v) is 29.0. The molecule has 65 heavy (non-hydrogen) atoms. The Morgan fingerprint density at radius 3 is 1.52 bits per heavy atom. The summed E-state index contributed by atoms with van der Waals surface area (Å²) in [5, 5.41) is 4.31. The van der Waals surface area contributed by atoms with Gasteiger partial charge in [-0.2, -0.15) is 0 Å². The lowest BCUT2D eigenvalue weighted by Gasteiger charge is -2.46. The average Bonchev–Trinajstić information content (AvgIpc) is 3.88. The van der Waals surface area contributed by atoms with Gasteiger partial charge in [0.2, 0.25) is 0 Å². The molecular weight excluding hydrogens is 861 g/mol. The van der Waals surface area contributed by atoms with Crippen LogP contribution < -0.4 is 20.7 Å². The number of hydrogen-bond acceptors (Lipinski definition) is 7. The van der Waals surface area contributed by atoms with Crippen molar-refractivity contribution in [2.45, 2.75) is 150 Å². The summed E-state index contributed by atoms with van der Waals surface area (Å²) in [6, 6.07) is 50.8. The van der Waals surface area contributed by atoms with Crippen LogP contribution in [0.3, 0.4) is 0 Å². The maximum absolute atomic E-state index is 14.8. The zero-order valence-electron chi connectivity index (χ0n) is 39.6. The predicted octanol–water partition coefficient (Wildman–Crippen LogP) is 9.94. The fraction of sp³-hybridized carbons (Fsp3) is 0.436. The van der Waals surface area contributed by atoms with Gasteiger partial charge in [-0.3, -0.25) is 4.79 Å². The molecule has 0 aromatic heterocycles. The van der Waals surface area contributed by atoms with Gasteiger partial charge < -0.3 is 18.3 Å². The SMILES string of the molecule is C[C@H]1CC(C[C@@H](CCCCC[C@@H]2CC[C@@H](CO[Si](c3ccccc3)(c3ccccc3)C(C)(C)C)O2)O[Si](c2ccccc2)(c2ccccc2)C(C)(C)C)(S(=O)(=O)c2ccccc2)C(=O)O1. The van der Waals surface area contributed by atoms with E-state index in [1.807, 2.05) is 12.1 Å². The van der Waals surface area contributed by atoms with Crippen LogP contribution in [-0.4, -0.2) is 66.8 Å². The van der Waals surface area contributed by atoms with Crippen LogP contribution in [0, 0.1) is 0 Å². The van der Waals surface area contributed by atoms with Crippen molar-refractivity contribution in [2.75, 3.05) is 6.61 Å². The van der Waals surface area contributed by atoms with Crippen LogP contribution >= 0.6 is 0 Å². The van der Waals surface area contributed by atoms with Gasteiger partial charge in [0.05, 0.1) is 23.7 Å². The molecule has 0 aliphatic carbocycles. The van der Waals surface area contributed by atoms with Crippen LogP contribution in [0.15, 0.2) is 157 Å². The van der Waals surface area contributed by atoms with Gasteiger partial charge in [-0.1, -0.05) is 200 Å². The molecule has 2 saturated heterocycles. The Labute approximate surface area is 391 Å². The Hall–Kier alpha value is -4.17. The van der Waals surface area contributed by atoms with E-state index in [-0.39, 0.29) is 40.0 Å². The number of benzene rings is 5. The molecule has 5 atom stereocenters. The highest BCUT2D eigenvalue weighted by Gasteiger charge is 2.60. The van der Waals surface area contributed by atoms with Gasteiger partial charge in [0.15, 0.2) is 14.6 Å². The van der Waals surface area contributed by atoms with Gasteiger partial charge in [0.1, 0.15) is 6.10 Å². The summed E-state index contributed by atoms with van der Waals surface area (Å²) >= 11 is 0. The number of rotatable bonds is 19. The summed E-state index contributed by atoms with van der Waals surface area (Å²) < 4.78 is 55.4. The zero-order chi connectivity index (χ0) is 46.4. The number of ether oxygens (including phenoxy) is 2. The molecule has 5 aromatic carbocycles. The smallest absolute Gasteiger partial charge is 0.328 e. The fourth-order valence-corrected chi connectivity index (χ4v) is 22.1. The van der Waals surface area contributed by atoms with Crippen LogP contribution in [0.2, 0.25) is 10.1 Å². The summed E-state index contributed by atoms with van der Waals surface area (Å²) in [5.74, 6) is -0.684. The molecule has 7 nitrogen and oxygen atoms in total. The van der Waals surface area contributed by atoms with E-state index in [0.717, 1.165) is 48.9 Å². The molecule has 0 N–H and O–H groups in total. The summed E-state index contributed by atoms with van der Waals surface area (Å²) in [6.45, 7) is 16.0. The van der Waals surface area contributed by atoms with Crippen molar-refractivity contribution in [3.05, 3.63) is 152 Å². The number of unbranched alkanes of at least 4 members (excludes halogenated alkanes) is 2. The predicted molar refractivity (Wildman–Crippen MR) is 268 cm³/mol. The maximum atomic E-state index is 14.8. The Morgan fingerprint density at radius 2 is 1.08 bits per heavy atom. The second-order valence-electron chi connectivity index (χ2n) is 20.4. The molecule has 0 spiro atoms. The Balaban J connectivity index is 1.09. The lowest BCUT2D eigenvalue weighted by molar-refractivity contribution is -0.143. The minimum atomic E-state index is -4.17. The van der Waals surface area contributed by atoms with E-state index < -0.39 is 49.4 Å². The maximum Gasteiger partial charge on any atom is 0.328 e. The Kier molecular flexibility index (Phi) is 15.3. The van der Waals surface area contributed by atoms with Crippen molar-refractivity contribution < 1.29 is 31.5 Å². The highest BCUT2D eigenvalue weighted by molar-refractivity contribution is 7.93. The van der Waals surface area contributed by atoms with Gasteiger partial charge >= 0.3 is 5.97 Å². The van der Waals surface area contributed by atoms with Gasteiger partial charge in [-0.05, 0) is 75.6 Å². The van der Waals surface area contributed by atoms with Crippen molar-refractivity contribution in [3.63, 3.8) is 0 Å². The van der Waals surface area contributed by atoms with Gasteiger partial charge in [0, 0.05) is 18.9 Å². The average molecular weight is 931 g/mol. The van der Waals surface area contributed by atoms with Crippen LogP contribution in [0.5, 0.6) is 0 Å². The number of carbonyl (C=O) groups is 1. The third-order valence-electron chi connectivity index (χ3n) is 13.8. The second kappa shape index (κ2) is 20.4. The zero-order valence-corrected chi connectivity index (χ0v) is 42.4. The topological polar surface area (TPSA) is 88.1 Å². The third-order valence-corrected chi connectivity index (χ3v) is 26.4. The Morgan fingerprint density at radius 1 is 0.631 bits per heavy atom. The third kappa shape index (κ3) is 10.1. The monoisotopic (exact) mass is 930 g/mol. The number of esters is 1. The van der Waals surface area contributed by atoms with E-state index in [0.29, 0.717) is 13.0 Å². The van der Waals surface area contributed by atoms with Crippen LogP contribution in [0.4, 0.5) is 0 Å². The number of hydrogen-bond donors (Lipinski definition) is 0. The molecule has 5 aromatic rings. The van der Waals surface area contributed by atoms with E-state index in [1.165, 1.54) is 10.4 Å². The van der Waals surface area contributed by atoms with Crippen LogP contribution in [0.25, 0.3) is 0 Å². The summed E-state index contributed by atoms with van der Waals surface area (Å²) in [4.78, 5) is 14.3. The lowest BCUT2D eigenvalue weighted by Crippen LogP contribution is -2.68. The van der Waals surface area contributed by atoms with Gasteiger partial charge in [-0.25, -0.2) is 8.42 Å². The highest BCUT2D eigenvalue weighted by Crippen LogP contribution is 2.45. The quantitative estimate of drug-likeness (QED) is 0.0463. The highest BCUT2D eigenvalue weighted by atomic mass is 32.2. The van der Waals surface area contributed by atoms with Crippen LogP contribution in [0.1, 0.15) is 106 Å². The molecule has 346 valence electrons. The molecule has 1 unspecified atom stereocenters. The largest absolute Gasteiger partial charge is 0.461 e. The number of cyclic esters (lactones) is 1. The van der Waals surface area contributed by atoms with E-state index >= 15 is 0 Å². The summed E-state index contributed by atoms with van der Waals surface area (Å²) in [6.07, 6.45) is 5.35. The van der Waals surface area contributed by atoms with Crippen molar-refractivity contribution in [3.8, 4) is 0 Å².